The summed E-state index contributed by atoms with van der Waals surface area (Å²) in [6.07, 6.45) is -2.24. The Hall–Kier alpha value is -3.43. The standard InChI is InChI=1S/C15H15N3O7/c1-9(12(20)16-14(21)23-2)24-11(19)8-18-15(22)25-13(17-18)10-6-4-3-5-7-10/h3-7,9H,8H2,1-2H3,(H,16,20,21)/t9-/m0/s1. The molecule has 10 heteroatoms. The Bertz CT molecular complexity index is 825. The number of nitrogens with zero attached hydrogens (tertiary/aromatic N) is 2. The van der Waals surface area contributed by atoms with Gasteiger partial charge in [-0.2, -0.15) is 4.68 Å². The molecule has 1 heterocycles. The number of carbonyl (C=O) groups excluding carboxylic acids is 3. The lowest BCUT2D eigenvalue weighted by Crippen LogP contribution is -2.40. The molecule has 0 aliphatic rings. The summed E-state index contributed by atoms with van der Waals surface area (Å²) in [5.41, 5.74) is 0.567. The van der Waals surface area contributed by atoms with Gasteiger partial charge >= 0.3 is 17.8 Å². The van der Waals surface area contributed by atoms with Gasteiger partial charge in [-0.25, -0.2) is 9.59 Å². The minimum Gasteiger partial charge on any atom is -0.453 e. The van der Waals surface area contributed by atoms with Crippen LogP contribution < -0.4 is 11.1 Å². The second-order valence-electron chi connectivity index (χ2n) is 4.81. The molecule has 0 fully saturated rings. The zero-order valence-electron chi connectivity index (χ0n) is 13.4. The molecule has 132 valence electrons. The molecule has 0 spiro atoms. The molecule has 0 unspecified atom stereocenters. The summed E-state index contributed by atoms with van der Waals surface area (Å²) in [6, 6.07) is 8.64. The van der Waals surface area contributed by atoms with Crippen molar-refractivity contribution in [2.75, 3.05) is 7.11 Å². The molecule has 0 saturated carbocycles. The first-order valence-corrected chi connectivity index (χ1v) is 7.12. The molecule has 0 radical (unpaired) electrons. The molecule has 0 aliphatic heterocycles. The van der Waals surface area contributed by atoms with E-state index in [1.54, 1.807) is 30.3 Å². The second-order valence-corrected chi connectivity index (χ2v) is 4.81. The van der Waals surface area contributed by atoms with Crippen LogP contribution in [0.3, 0.4) is 0 Å². The molecule has 1 N–H and O–H groups in total. The summed E-state index contributed by atoms with van der Waals surface area (Å²) in [4.78, 5) is 46.0. The van der Waals surface area contributed by atoms with Gasteiger partial charge in [0.05, 0.1) is 7.11 Å². The zero-order valence-corrected chi connectivity index (χ0v) is 13.4. The normalized spacial score (nSPS) is 11.4. The summed E-state index contributed by atoms with van der Waals surface area (Å²) >= 11 is 0. The highest BCUT2D eigenvalue weighted by Gasteiger charge is 2.21. The Morgan fingerprint density at radius 1 is 1.28 bits per heavy atom. The summed E-state index contributed by atoms with van der Waals surface area (Å²) in [7, 11) is 1.08. The van der Waals surface area contributed by atoms with Crippen LogP contribution in [0.4, 0.5) is 4.79 Å². The smallest absolute Gasteiger partial charge is 0.437 e. The summed E-state index contributed by atoms with van der Waals surface area (Å²) in [5, 5.41) is 5.75. The zero-order chi connectivity index (χ0) is 18.4. The van der Waals surface area contributed by atoms with Crippen molar-refractivity contribution in [2.24, 2.45) is 0 Å². The van der Waals surface area contributed by atoms with E-state index in [1.165, 1.54) is 6.92 Å². The molecular weight excluding hydrogens is 334 g/mol. The number of nitrogens with one attached hydrogen (secondary N) is 1. The summed E-state index contributed by atoms with van der Waals surface area (Å²) in [5.74, 6) is -2.56. The number of imide groups is 1. The number of rotatable bonds is 5. The largest absolute Gasteiger partial charge is 0.453 e. The Kier molecular flexibility index (Phi) is 5.66. The molecule has 10 nitrogen and oxygen atoms in total. The van der Waals surface area contributed by atoms with Crippen LogP contribution in [-0.4, -0.2) is 41.0 Å². The van der Waals surface area contributed by atoms with E-state index in [2.05, 4.69) is 9.84 Å². The van der Waals surface area contributed by atoms with Crippen molar-refractivity contribution >= 4 is 18.0 Å². The summed E-state index contributed by atoms with van der Waals surface area (Å²) in [6.45, 7) is 0.710. The third-order valence-electron chi connectivity index (χ3n) is 2.99. The fourth-order valence-electron chi connectivity index (χ4n) is 1.77. The minimum atomic E-state index is -1.26. The number of benzene rings is 1. The molecule has 0 aliphatic carbocycles. The average molecular weight is 349 g/mol. The Labute approximate surface area is 141 Å². The van der Waals surface area contributed by atoms with Gasteiger partial charge in [0.2, 0.25) is 5.89 Å². The molecule has 1 aromatic carbocycles. The van der Waals surface area contributed by atoms with Crippen molar-refractivity contribution < 1.29 is 28.3 Å². The molecule has 2 aromatic rings. The Morgan fingerprint density at radius 2 is 1.96 bits per heavy atom. The maximum Gasteiger partial charge on any atom is 0.437 e. The maximum atomic E-state index is 11.8. The van der Waals surface area contributed by atoms with Gasteiger partial charge in [0.25, 0.3) is 5.91 Å². The number of hydrogen-bond donors (Lipinski definition) is 1. The van der Waals surface area contributed by atoms with Crippen LogP contribution in [0.5, 0.6) is 0 Å². The molecule has 2 rings (SSSR count). The van der Waals surface area contributed by atoms with Crippen molar-refractivity contribution in [1.82, 2.24) is 15.1 Å². The maximum absolute atomic E-state index is 11.8. The van der Waals surface area contributed by atoms with Gasteiger partial charge in [0.1, 0.15) is 6.54 Å². The fourth-order valence-corrected chi connectivity index (χ4v) is 1.77. The van der Waals surface area contributed by atoms with Crippen molar-refractivity contribution in [2.45, 2.75) is 19.6 Å². The van der Waals surface area contributed by atoms with E-state index in [4.69, 9.17) is 9.15 Å². The van der Waals surface area contributed by atoms with Crippen molar-refractivity contribution in [3.05, 3.63) is 40.9 Å². The van der Waals surface area contributed by atoms with Crippen molar-refractivity contribution in [3.8, 4) is 11.5 Å². The third kappa shape index (κ3) is 4.77. The van der Waals surface area contributed by atoms with Gasteiger partial charge in [-0.15, -0.1) is 5.10 Å². The summed E-state index contributed by atoms with van der Waals surface area (Å²) < 4.78 is 14.8. The van der Waals surface area contributed by atoms with Gasteiger partial charge in [0.15, 0.2) is 6.10 Å². The van der Waals surface area contributed by atoms with Crippen LogP contribution in [-0.2, 0) is 25.6 Å². The van der Waals surface area contributed by atoms with Crippen molar-refractivity contribution in [3.63, 3.8) is 0 Å². The number of esters is 1. The quantitative estimate of drug-likeness (QED) is 0.764. The number of alkyl carbamates (subject to hydrolysis) is 1. The number of aromatic nitrogens is 2. The average Bonchev–Trinajstić information content (AvgIpc) is 2.96. The first-order valence-electron chi connectivity index (χ1n) is 7.12. The topological polar surface area (TPSA) is 130 Å². The van der Waals surface area contributed by atoms with E-state index in [9.17, 15) is 19.2 Å². The Balaban J connectivity index is 1.99. The third-order valence-corrected chi connectivity index (χ3v) is 2.99. The first-order chi connectivity index (χ1) is 11.9. The van der Waals surface area contributed by atoms with E-state index in [0.29, 0.717) is 5.56 Å². The molecule has 2 amide bonds. The van der Waals surface area contributed by atoms with Crippen LogP contribution in [0.1, 0.15) is 6.92 Å². The van der Waals surface area contributed by atoms with E-state index in [-0.39, 0.29) is 5.89 Å². The number of ether oxygens (including phenoxy) is 2. The molecule has 1 aromatic heterocycles. The van der Waals surface area contributed by atoms with Gasteiger partial charge in [0, 0.05) is 5.56 Å². The van der Waals surface area contributed by atoms with E-state index < -0.39 is 36.4 Å². The molecule has 1 atom stereocenters. The van der Waals surface area contributed by atoms with Crippen LogP contribution in [0.2, 0.25) is 0 Å². The molecule has 25 heavy (non-hydrogen) atoms. The van der Waals surface area contributed by atoms with Crippen LogP contribution >= 0.6 is 0 Å². The lowest BCUT2D eigenvalue weighted by Gasteiger charge is -2.11. The fraction of sp³-hybridized carbons (Fsp3) is 0.267. The lowest BCUT2D eigenvalue weighted by atomic mass is 10.2. The van der Waals surface area contributed by atoms with Crippen LogP contribution in [0.25, 0.3) is 11.5 Å². The number of hydrogen-bond acceptors (Lipinski definition) is 8. The van der Waals surface area contributed by atoms with E-state index >= 15 is 0 Å². The van der Waals surface area contributed by atoms with Crippen molar-refractivity contribution in [1.29, 1.82) is 0 Å². The van der Waals surface area contributed by atoms with Gasteiger partial charge < -0.3 is 13.9 Å². The Morgan fingerprint density at radius 3 is 2.60 bits per heavy atom. The predicted octanol–water partition coefficient (Wildman–Crippen LogP) is 0.318. The van der Waals surface area contributed by atoms with Gasteiger partial charge in [-0.05, 0) is 19.1 Å². The van der Waals surface area contributed by atoms with Crippen LogP contribution in [0, 0.1) is 0 Å². The number of carbonyl (C=O) groups is 3. The lowest BCUT2D eigenvalue weighted by molar-refractivity contribution is -0.155. The van der Waals surface area contributed by atoms with E-state index in [0.717, 1.165) is 11.8 Å². The molecule has 0 bridgehead atoms. The molecule has 0 saturated heterocycles. The van der Waals surface area contributed by atoms with Gasteiger partial charge in [-0.3, -0.25) is 14.9 Å². The number of amides is 2. The second kappa shape index (κ2) is 7.90. The highest BCUT2D eigenvalue weighted by atomic mass is 16.6. The first kappa shape index (κ1) is 17.9. The highest BCUT2D eigenvalue weighted by Crippen LogP contribution is 2.13. The SMILES string of the molecule is COC(=O)NC(=O)[C@H](C)OC(=O)Cn1nc(-c2ccccc2)oc1=O. The van der Waals surface area contributed by atoms with Crippen LogP contribution in [0.15, 0.2) is 39.5 Å². The highest BCUT2D eigenvalue weighted by molar-refractivity contribution is 5.94. The predicted molar refractivity (Wildman–Crippen MR) is 82.3 cm³/mol. The monoisotopic (exact) mass is 349 g/mol. The number of methoxy groups -OCH3 is 1. The van der Waals surface area contributed by atoms with E-state index in [1.807, 2.05) is 5.32 Å². The minimum absolute atomic E-state index is 0.0508. The van der Waals surface area contributed by atoms with Gasteiger partial charge in [-0.1, -0.05) is 18.2 Å². The molecular formula is C15H15N3O7.